The molecule has 1 rings (SSSR count). The lowest BCUT2D eigenvalue weighted by Gasteiger charge is -2.16. The number of ether oxygens (including phenoxy) is 2. The topological polar surface area (TPSA) is 54.3 Å². The number of nitrogens with zero attached hydrogens (tertiary/aromatic N) is 1. The molecule has 18 heavy (non-hydrogen) atoms. The summed E-state index contributed by atoms with van der Waals surface area (Å²) < 4.78 is 10.9. The van der Waals surface area contributed by atoms with Crippen molar-refractivity contribution < 1.29 is 9.47 Å². The average molecular weight is 248 g/mol. The van der Waals surface area contributed by atoms with Crippen LogP contribution in [0.1, 0.15) is 19.4 Å². The SMILES string of the molecule is COc1cc(C)ccc1OCC(C#N)NC(C)C. The van der Waals surface area contributed by atoms with Crippen LogP contribution < -0.4 is 14.8 Å². The van der Waals surface area contributed by atoms with Crippen molar-refractivity contribution in [2.45, 2.75) is 32.9 Å². The fourth-order valence-corrected chi connectivity index (χ4v) is 1.59. The van der Waals surface area contributed by atoms with Gasteiger partial charge in [-0.3, -0.25) is 5.32 Å². The van der Waals surface area contributed by atoms with Crippen LogP contribution in [0.15, 0.2) is 18.2 Å². The largest absolute Gasteiger partial charge is 0.493 e. The fraction of sp³-hybridized carbons (Fsp3) is 0.500. The summed E-state index contributed by atoms with van der Waals surface area (Å²) in [6, 6.07) is 7.82. The molecule has 98 valence electrons. The summed E-state index contributed by atoms with van der Waals surface area (Å²) in [5, 5.41) is 12.1. The highest BCUT2D eigenvalue weighted by atomic mass is 16.5. The molecule has 0 radical (unpaired) electrons. The second-order valence-corrected chi connectivity index (χ2v) is 4.47. The maximum atomic E-state index is 9.00. The molecular formula is C14H20N2O2. The molecule has 1 atom stereocenters. The number of nitrogens with one attached hydrogen (secondary N) is 1. The molecule has 0 amide bonds. The Morgan fingerprint density at radius 1 is 1.33 bits per heavy atom. The molecule has 0 aliphatic carbocycles. The van der Waals surface area contributed by atoms with Crippen molar-refractivity contribution in [3.05, 3.63) is 23.8 Å². The van der Waals surface area contributed by atoms with E-state index in [4.69, 9.17) is 14.7 Å². The third-order valence-electron chi connectivity index (χ3n) is 2.41. The Kier molecular flexibility index (Phi) is 5.47. The first-order valence-electron chi connectivity index (χ1n) is 6.00. The zero-order chi connectivity index (χ0) is 13.5. The molecule has 1 N–H and O–H groups in total. The van der Waals surface area contributed by atoms with Gasteiger partial charge in [0.15, 0.2) is 11.5 Å². The third kappa shape index (κ3) is 4.27. The minimum atomic E-state index is -0.323. The molecule has 0 saturated carbocycles. The Bertz CT molecular complexity index is 424. The van der Waals surface area contributed by atoms with Crippen molar-refractivity contribution in [3.63, 3.8) is 0 Å². The first-order valence-corrected chi connectivity index (χ1v) is 6.00. The summed E-state index contributed by atoms with van der Waals surface area (Å²) in [5.41, 5.74) is 1.11. The Hall–Kier alpha value is -1.73. The van der Waals surface area contributed by atoms with Crippen LogP contribution in [-0.2, 0) is 0 Å². The van der Waals surface area contributed by atoms with Gasteiger partial charge in [-0.25, -0.2) is 0 Å². The smallest absolute Gasteiger partial charge is 0.161 e. The molecule has 0 aromatic heterocycles. The van der Waals surface area contributed by atoms with E-state index in [0.29, 0.717) is 18.1 Å². The molecule has 0 aliphatic heterocycles. The second-order valence-electron chi connectivity index (χ2n) is 4.47. The van der Waals surface area contributed by atoms with Gasteiger partial charge in [0, 0.05) is 6.04 Å². The lowest BCUT2D eigenvalue weighted by atomic mass is 10.2. The minimum Gasteiger partial charge on any atom is -0.493 e. The molecule has 0 spiro atoms. The Morgan fingerprint density at radius 3 is 2.61 bits per heavy atom. The lowest BCUT2D eigenvalue weighted by molar-refractivity contribution is 0.267. The van der Waals surface area contributed by atoms with E-state index in [9.17, 15) is 0 Å². The maximum Gasteiger partial charge on any atom is 0.161 e. The normalized spacial score (nSPS) is 12.0. The predicted octanol–water partition coefficient (Wildman–Crippen LogP) is 2.27. The van der Waals surface area contributed by atoms with E-state index in [1.165, 1.54) is 0 Å². The van der Waals surface area contributed by atoms with Gasteiger partial charge in [0.2, 0.25) is 0 Å². The van der Waals surface area contributed by atoms with Crippen LogP contribution in [-0.4, -0.2) is 25.8 Å². The van der Waals surface area contributed by atoms with E-state index in [-0.39, 0.29) is 12.1 Å². The summed E-state index contributed by atoms with van der Waals surface area (Å²) in [6.45, 7) is 6.28. The molecule has 1 aromatic rings. The summed E-state index contributed by atoms with van der Waals surface area (Å²) in [4.78, 5) is 0. The van der Waals surface area contributed by atoms with Crippen molar-refractivity contribution in [1.29, 1.82) is 5.26 Å². The van der Waals surface area contributed by atoms with Crippen LogP contribution in [0.5, 0.6) is 11.5 Å². The molecule has 1 aromatic carbocycles. The third-order valence-corrected chi connectivity index (χ3v) is 2.41. The number of aryl methyl sites for hydroxylation is 1. The fourth-order valence-electron chi connectivity index (χ4n) is 1.59. The molecule has 4 heteroatoms. The van der Waals surface area contributed by atoms with Gasteiger partial charge in [0.1, 0.15) is 12.6 Å². The van der Waals surface area contributed by atoms with E-state index in [1.807, 2.05) is 39.0 Å². The van der Waals surface area contributed by atoms with Gasteiger partial charge in [0.05, 0.1) is 13.2 Å². The molecule has 0 fully saturated rings. The van der Waals surface area contributed by atoms with Crippen LogP contribution in [0, 0.1) is 18.3 Å². The second kappa shape index (κ2) is 6.87. The van der Waals surface area contributed by atoms with Crippen molar-refractivity contribution in [1.82, 2.24) is 5.32 Å². The van der Waals surface area contributed by atoms with Crippen LogP contribution in [0.4, 0.5) is 0 Å². The molecule has 0 heterocycles. The van der Waals surface area contributed by atoms with E-state index >= 15 is 0 Å². The summed E-state index contributed by atoms with van der Waals surface area (Å²) in [6.07, 6.45) is 0. The summed E-state index contributed by atoms with van der Waals surface area (Å²) in [5.74, 6) is 1.35. The predicted molar refractivity (Wildman–Crippen MR) is 70.9 cm³/mol. The highest BCUT2D eigenvalue weighted by molar-refractivity contribution is 5.42. The Labute approximate surface area is 109 Å². The zero-order valence-corrected chi connectivity index (χ0v) is 11.4. The number of benzene rings is 1. The average Bonchev–Trinajstić information content (AvgIpc) is 2.34. The van der Waals surface area contributed by atoms with Crippen molar-refractivity contribution >= 4 is 0 Å². The van der Waals surface area contributed by atoms with E-state index < -0.39 is 0 Å². The minimum absolute atomic E-state index is 0.248. The van der Waals surface area contributed by atoms with Crippen LogP contribution >= 0.6 is 0 Å². The van der Waals surface area contributed by atoms with E-state index in [0.717, 1.165) is 5.56 Å². The van der Waals surface area contributed by atoms with Gasteiger partial charge < -0.3 is 9.47 Å². The van der Waals surface area contributed by atoms with Crippen molar-refractivity contribution in [2.75, 3.05) is 13.7 Å². The lowest BCUT2D eigenvalue weighted by Crippen LogP contribution is -2.37. The Balaban J connectivity index is 2.65. The molecule has 1 unspecified atom stereocenters. The van der Waals surface area contributed by atoms with Crippen LogP contribution in [0.2, 0.25) is 0 Å². The van der Waals surface area contributed by atoms with Gasteiger partial charge >= 0.3 is 0 Å². The van der Waals surface area contributed by atoms with Gasteiger partial charge in [0.25, 0.3) is 0 Å². The molecule has 0 saturated heterocycles. The monoisotopic (exact) mass is 248 g/mol. The summed E-state index contributed by atoms with van der Waals surface area (Å²) >= 11 is 0. The van der Waals surface area contributed by atoms with Crippen LogP contribution in [0.3, 0.4) is 0 Å². The van der Waals surface area contributed by atoms with E-state index in [1.54, 1.807) is 7.11 Å². The van der Waals surface area contributed by atoms with E-state index in [2.05, 4.69) is 11.4 Å². The molecular weight excluding hydrogens is 228 g/mol. The molecule has 0 bridgehead atoms. The highest BCUT2D eigenvalue weighted by Gasteiger charge is 2.11. The summed E-state index contributed by atoms with van der Waals surface area (Å²) in [7, 11) is 1.61. The Morgan fingerprint density at radius 2 is 2.06 bits per heavy atom. The number of hydrogen-bond donors (Lipinski definition) is 1. The number of rotatable bonds is 6. The van der Waals surface area contributed by atoms with Gasteiger partial charge in [-0.15, -0.1) is 0 Å². The van der Waals surface area contributed by atoms with Crippen molar-refractivity contribution in [3.8, 4) is 17.6 Å². The molecule has 4 nitrogen and oxygen atoms in total. The standard InChI is InChI=1S/C14H20N2O2/c1-10(2)16-12(8-15)9-18-13-6-5-11(3)7-14(13)17-4/h5-7,10,12,16H,9H2,1-4H3. The van der Waals surface area contributed by atoms with Crippen LogP contribution in [0.25, 0.3) is 0 Å². The first kappa shape index (κ1) is 14.3. The number of nitriles is 1. The highest BCUT2D eigenvalue weighted by Crippen LogP contribution is 2.27. The quantitative estimate of drug-likeness (QED) is 0.839. The van der Waals surface area contributed by atoms with Gasteiger partial charge in [-0.1, -0.05) is 6.07 Å². The zero-order valence-electron chi connectivity index (χ0n) is 11.4. The molecule has 0 aliphatic rings. The number of methoxy groups -OCH3 is 1. The number of hydrogen-bond acceptors (Lipinski definition) is 4. The van der Waals surface area contributed by atoms with Crippen molar-refractivity contribution in [2.24, 2.45) is 0 Å². The van der Waals surface area contributed by atoms with Gasteiger partial charge in [-0.2, -0.15) is 5.26 Å². The van der Waals surface area contributed by atoms with Gasteiger partial charge in [-0.05, 0) is 38.5 Å². The first-order chi connectivity index (χ1) is 8.56. The maximum absolute atomic E-state index is 9.00.